The van der Waals surface area contributed by atoms with Gasteiger partial charge in [0.15, 0.2) is 5.82 Å². The fraction of sp³-hybridized carbons (Fsp3) is 0.526. The number of nitrogens with zero attached hydrogens (tertiary/aromatic N) is 5. The van der Waals surface area contributed by atoms with Crippen LogP contribution in [0.4, 0.5) is 0 Å². The standard InChI is InChI=1S/C19H23N5O4/c1-12-10-23(18(25)14-7-15(9-20-8-14)19(26)27-2)11-16-21-22-17(24(12)16)13-3-5-28-6-4-13/h7-9,12-13H,3-6,10-11H2,1-2H3/t12-/m0/s1. The van der Waals surface area contributed by atoms with Gasteiger partial charge < -0.3 is 18.9 Å². The molecule has 0 radical (unpaired) electrons. The molecule has 4 heterocycles. The first-order valence-electron chi connectivity index (χ1n) is 9.42. The van der Waals surface area contributed by atoms with Crippen LogP contribution in [0.5, 0.6) is 0 Å². The van der Waals surface area contributed by atoms with Crippen LogP contribution in [-0.2, 0) is 16.0 Å². The van der Waals surface area contributed by atoms with Gasteiger partial charge in [-0.05, 0) is 25.8 Å². The summed E-state index contributed by atoms with van der Waals surface area (Å²) in [6.07, 6.45) is 4.74. The lowest BCUT2D eigenvalue weighted by molar-refractivity contribution is 0.0600. The first-order valence-corrected chi connectivity index (χ1v) is 9.42. The molecule has 148 valence electrons. The van der Waals surface area contributed by atoms with Crippen molar-refractivity contribution in [1.82, 2.24) is 24.6 Å². The molecule has 2 aromatic heterocycles. The zero-order valence-corrected chi connectivity index (χ0v) is 16.0. The van der Waals surface area contributed by atoms with E-state index in [-0.39, 0.29) is 17.5 Å². The van der Waals surface area contributed by atoms with E-state index >= 15 is 0 Å². The second-order valence-corrected chi connectivity index (χ2v) is 7.22. The maximum atomic E-state index is 13.0. The molecule has 9 heteroatoms. The molecule has 1 saturated heterocycles. The third-order valence-corrected chi connectivity index (χ3v) is 5.33. The summed E-state index contributed by atoms with van der Waals surface area (Å²) in [4.78, 5) is 30.4. The van der Waals surface area contributed by atoms with Crippen LogP contribution in [0.1, 0.15) is 64.1 Å². The van der Waals surface area contributed by atoms with E-state index in [2.05, 4.69) is 26.7 Å². The maximum absolute atomic E-state index is 13.0. The number of ether oxygens (including phenoxy) is 2. The summed E-state index contributed by atoms with van der Waals surface area (Å²) in [5.41, 5.74) is 0.607. The Morgan fingerprint density at radius 3 is 2.68 bits per heavy atom. The number of hydrogen-bond donors (Lipinski definition) is 0. The van der Waals surface area contributed by atoms with Crippen LogP contribution in [0.15, 0.2) is 18.5 Å². The van der Waals surface area contributed by atoms with Gasteiger partial charge in [0.1, 0.15) is 5.82 Å². The van der Waals surface area contributed by atoms with Crippen molar-refractivity contribution in [3.8, 4) is 0 Å². The van der Waals surface area contributed by atoms with E-state index in [0.717, 1.165) is 37.7 Å². The molecule has 2 aliphatic heterocycles. The van der Waals surface area contributed by atoms with Gasteiger partial charge in [0.2, 0.25) is 0 Å². The van der Waals surface area contributed by atoms with Gasteiger partial charge in [-0.2, -0.15) is 0 Å². The number of aromatic nitrogens is 4. The molecule has 2 aliphatic rings. The van der Waals surface area contributed by atoms with Crippen molar-refractivity contribution >= 4 is 11.9 Å². The average Bonchev–Trinajstić information content (AvgIpc) is 3.18. The molecule has 0 unspecified atom stereocenters. The Balaban J connectivity index is 1.55. The second kappa shape index (κ2) is 7.67. The Kier molecular flexibility index (Phi) is 5.08. The van der Waals surface area contributed by atoms with Crippen molar-refractivity contribution in [1.29, 1.82) is 0 Å². The molecule has 4 rings (SSSR count). The smallest absolute Gasteiger partial charge is 0.339 e. The molecule has 0 aliphatic carbocycles. The summed E-state index contributed by atoms with van der Waals surface area (Å²) >= 11 is 0. The molecular formula is C19H23N5O4. The minimum Gasteiger partial charge on any atom is -0.465 e. The van der Waals surface area contributed by atoms with Crippen LogP contribution in [0.25, 0.3) is 0 Å². The molecule has 0 bridgehead atoms. The summed E-state index contributed by atoms with van der Waals surface area (Å²) in [5, 5.41) is 8.79. The maximum Gasteiger partial charge on any atom is 0.339 e. The van der Waals surface area contributed by atoms with Gasteiger partial charge in [-0.1, -0.05) is 0 Å². The number of carbonyl (C=O) groups excluding carboxylic acids is 2. The highest BCUT2D eigenvalue weighted by molar-refractivity contribution is 5.97. The molecule has 0 aromatic carbocycles. The first-order chi connectivity index (χ1) is 13.6. The number of fused-ring (bicyclic) bond motifs is 1. The molecule has 1 amide bonds. The summed E-state index contributed by atoms with van der Waals surface area (Å²) in [5.74, 6) is 1.42. The van der Waals surface area contributed by atoms with E-state index in [1.165, 1.54) is 25.6 Å². The van der Waals surface area contributed by atoms with Gasteiger partial charge in [-0.25, -0.2) is 4.79 Å². The zero-order chi connectivity index (χ0) is 19.7. The molecule has 0 saturated carbocycles. The number of pyridine rings is 1. The van der Waals surface area contributed by atoms with Gasteiger partial charge in [-0.15, -0.1) is 10.2 Å². The number of hydrogen-bond acceptors (Lipinski definition) is 7. The van der Waals surface area contributed by atoms with Gasteiger partial charge in [0.05, 0.1) is 30.8 Å². The monoisotopic (exact) mass is 385 g/mol. The first kappa shape index (κ1) is 18.5. The number of methoxy groups -OCH3 is 1. The second-order valence-electron chi connectivity index (χ2n) is 7.22. The number of rotatable bonds is 3. The lowest BCUT2D eigenvalue weighted by Crippen LogP contribution is -2.41. The summed E-state index contributed by atoms with van der Waals surface area (Å²) in [6.45, 7) is 4.48. The predicted molar refractivity (Wildman–Crippen MR) is 97.8 cm³/mol. The Morgan fingerprint density at radius 1 is 1.18 bits per heavy atom. The third kappa shape index (κ3) is 3.37. The zero-order valence-electron chi connectivity index (χ0n) is 16.0. The van der Waals surface area contributed by atoms with Crippen LogP contribution in [0, 0.1) is 0 Å². The lowest BCUT2D eigenvalue weighted by Gasteiger charge is -2.34. The van der Waals surface area contributed by atoms with Crippen LogP contribution in [-0.4, -0.2) is 63.4 Å². The van der Waals surface area contributed by atoms with Crippen LogP contribution in [0.2, 0.25) is 0 Å². The highest BCUT2D eigenvalue weighted by Gasteiger charge is 2.32. The fourth-order valence-corrected chi connectivity index (χ4v) is 3.92. The fourth-order valence-electron chi connectivity index (χ4n) is 3.92. The van der Waals surface area contributed by atoms with E-state index < -0.39 is 5.97 Å². The predicted octanol–water partition coefficient (Wildman–Crippen LogP) is 1.57. The molecule has 0 spiro atoms. The SMILES string of the molecule is COC(=O)c1cncc(C(=O)N2Cc3nnc(C4CCOCC4)n3[C@@H](C)C2)c1. The molecule has 0 N–H and O–H groups in total. The number of esters is 1. The third-order valence-electron chi connectivity index (χ3n) is 5.33. The van der Waals surface area contributed by atoms with Crippen molar-refractivity contribution in [2.24, 2.45) is 0 Å². The Labute approximate surface area is 162 Å². The lowest BCUT2D eigenvalue weighted by atomic mass is 9.98. The number of amides is 1. The van der Waals surface area contributed by atoms with Crippen LogP contribution < -0.4 is 0 Å². The molecule has 9 nitrogen and oxygen atoms in total. The Bertz CT molecular complexity index is 890. The largest absolute Gasteiger partial charge is 0.465 e. The van der Waals surface area contributed by atoms with Crippen LogP contribution in [0.3, 0.4) is 0 Å². The van der Waals surface area contributed by atoms with E-state index in [0.29, 0.717) is 24.6 Å². The highest BCUT2D eigenvalue weighted by Crippen LogP contribution is 2.31. The number of carbonyl (C=O) groups is 2. The molecular weight excluding hydrogens is 362 g/mol. The van der Waals surface area contributed by atoms with Crippen molar-refractivity contribution < 1.29 is 19.1 Å². The highest BCUT2D eigenvalue weighted by atomic mass is 16.5. The van der Waals surface area contributed by atoms with Crippen molar-refractivity contribution in [2.45, 2.75) is 38.3 Å². The quantitative estimate of drug-likeness (QED) is 0.740. The van der Waals surface area contributed by atoms with Gasteiger partial charge in [0.25, 0.3) is 5.91 Å². The van der Waals surface area contributed by atoms with Gasteiger partial charge >= 0.3 is 5.97 Å². The minimum atomic E-state index is -0.519. The van der Waals surface area contributed by atoms with E-state index in [1.807, 2.05) is 0 Å². The summed E-state index contributed by atoms with van der Waals surface area (Å²) < 4.78 is 12.3. The van der Waals surface area contributed by atoms with E-state index in [9.17, 15) is 9.59 Å². The van der Waals surface area contributed by atoms with Crippen molar-refractivity contribution in [3.63, 3.8) is 0 Å². The summed E-state index contributed by atoms with van der Waals surface area (Å²) in [6, 6.07) is 1.58. The average molecular weight is 385 g/mol. The van der Waals surface area contributed by atoms with Crippen molar-refractivity contribution in [2.75, 3.05) is 26.9 Å². The van der Waals surface area contributed by atoms with E-state index in [1.54, 1.807) is 4.90 Å². The topological polar surface area (TPSA) is 99.4 Å². The Hall–Kier alpha value is -2.81. The van der Waals surface area contributed by atoms with Crippen molar-refractivity contribution in [3.05, 3.63) is 41.2 Å². The van der Waals surface area contributed by atoms with E-state index in [4.69, 9.17) is 9.47 Å². The Morgan fingerprint density at radius 2 is 1.93 bits per heavy atom. The molecule has 2 aromatic rings. The van der Waals surface area contributed by atoms with Gasteiger partial charge in [0, 0.05) is 38.1 Å². The van der Waals surface area contributed by atoms with Gasteiger partial charge in [-0.3, -0.25) is 9.78 Å². The molecule has 1 atom stereocenters. The summed E-state index contributed by atoms with van der Waals surface area (Å²) in [7, 11) is 1.30. The molecule has 1 fully saturated rings. The molecule has 28 heavy (non-hydrogen) atoms. The normalized spacial score (nSPS) is 19.9. The van der Waals surface area contributed by atoms with Crippen LogP contribution >= 0.6 is 0 Å². The minimum absolute atomic E-state index is 0.0669.